The smallest absolute Gasteiger partial charge is 0.0858 e. The Morgan fingerprint density at radius 2 is 1.83 bits per heavy atom. The van der Waals surface area contributed by atoms with Gasteiger partial charge in [0.2, 0.25) is 0 Å². The van der Waals surface area contributed by atoms with Gasteiger partial charge < -0.3 is 5.11 Å². The standard InChI is InChI=1S/C16H26OP/c1-12-8-5-6-9-13(12)16(17)14-10-7-11-15(14)18(2,3)4/h5-6,8-9,14-17H,7,10-11H2,1-4H3/q+1/t14?,15?,16-/m0/s1. The summed E-state index contributed by atoms with van der Waals surface area (Å²) in [4.78, 5) is 0. The van der Waals surface area contributed by atoms with Crippen LogP contribution < -0.4 is 0 Å². The van der Waals surface area contributed by atoms with Crippen molar-refractivity contribution < 1.29 is 5.11 Å². The topological polar surface area (TPSA) is 20.2 Å². The zero-order valence-corrected chi connectivity index (χ0v) is 13.0. The van der Waals surface area contributed by atoms with Crippen LogP contribution in [0.1, 0.15) is 36.5 Å². The van der Waals surface area contributed by atoms with Crippen molar-refractivity contribution in [1.82, 2.24) is 0 Å². The van der Waals surface area contributed by atoms with Gasteiger partial charge in [0.05, 0.1) is 11.8 Å². The molecule has 1 aliphatic rings. The highest BCUT2D eigenvalue weighted by atomic mass is 31.2. The SMILES string of the molecule is Cc1ccccc1[C@H](O)C1CCCC1[P+](C)(C)C. The quantitative estimate of drug-likeness (QED) is 0.816. The molecule has 0 radical (unpaired) electrons. The van der Waals surface area contributed by atoms with E-state index >= 15 is 0 Å². The summed E-state index contributed by atoms with van der Waals surface area (Å²) in [7, 11) is -0.869. The van der Waals surface area contributed by atoms with Crippen LogP contribution in [0, 0.1) is 12.8 Å². The van der Waals surface area contributed by atoms with Gasteiger partial charge in [-0.15, -0.1) is 0 Å². The molecule has 0 heterocycles. The third-order valence-corrected chi connectivity index (χ3v) is 7.07. The van der Waals surface area contributed by atoms with Crippen molar-refractivity contribution in [1.29, 1.82) is 0 Å². The van der Waals surface area contributed by atoms with E-state index in [1.165, 1.54) is 24.8 Å². The van der Waals surface area contributed by atoms with Crippen LogP contribution in [-0.4, -0.2) is 30.8 Å². The number of aliphatic hydroxyl groups is 1. The molecule has 2 heteroatoms. The van der Waals surface area contributed by atoms with Crippen LogP contribution in [0.5, 0.6) is 0 Å². The van der Waals surface area contributed by atoms with Crippen molar-refractivity contribution in [3.63, 3.8) is 0 Å². The third-order valence-electron chi connectivity index (χ3n) is 4.44. The molecule has 0 bridgehead atoms. The summed E-state index contributed by atoms with van der Waals surface area (Å²) in [5.41, 5.74) is 3.11. The van der Waals surface area contributed by atoms with Gasteiger partial charge in [0.15, 0.2) is 0 Å². The first-order valence-electron chi connectivity index (χ1n) is 6.96. The summed E-state index contributed by atoms with van der Waals surface area (Å²) in [5, 5.41) is 10.8. The molecule has 2 unspecified atom stereocenters. The van der Waals surface area contributed by atoms with E-state index < -0.39 is 7.26 Å². The molecule has 1 N–H and O–H groups in total. The molecule has 100 valence electrons. The molecule has 1 aliphatic carbocycles. The molecular formula is C16H26OP+. The van der Waals surface area contributed by atoms with E-state index in [-0.39, 0.29) is 6.10 Å². The summed E-state index contributed by atoms with van der Waals surface area (Å²) < 4.78 is 0. The minimum absolute atomic E-state index is 0.266. The molecule has 18 heavy (non-hydrogen) atoms. The van der Waals surface area contributed by atoms with Gasteiger partial charge in [-0.2, -0.15) is 0 Å². The predicted molar refractivity (Wildman–Crippen MR) is 82.0 cm³/mol. The fraction of sp³-hybridized carbons (Fsp3) is 0.625. The van der Waals surface area contributed by atoms with Gasteiger partial charge in [0, 0.05) is 33.2 Å². The maximum Gasteiger partial charge on any atom is 0.0858 e. The summed E-state index contributed by atoms with van der Waals surface area (Å²) in [6.45, 7) is 9.36. The van der Waals surface area contributed by atoms with Gasteiger partial charge >= 0.3 is 0 Å². The third kappa shape index (κ3) is 2.78. The second-order valence-electron chi connectivity index (χ2n) is 6.58. The summed E-state index contributed by atoms with van der Waals surface area (Å²) >= 11 is 0. The minimum Gasteiger partial charge on any atom is -0.388 e. The van der Waals surface area contributed by atoms with E-state index in [4.69, 9.17) is 0 Å². The first-order chi connectivity index (χ1) is 8.41. The number of aliphatic hydroxyl groups excluding tert-OH is 1. The number of rotatable bonds is 3. The Hall–Kier alpha value is -0.390. The molecule has 1 nitrogen and oxygen atoms in total. The second-order valence-corrected chi connectivity index (χ2v) is 11.5. The van der Waals surface area contributed by atoms with Crippen molar-refractivity contribution in [2.24, 2.45) is 5.92 Å². The summed E-state index contributed by atoms with van der Waals surface area (Å²) in [6, 6.07) is 8.29. The molecule has 0 spiro atoms. The van der Waals surface area contributed by atoms with Crippen molar-refractivity contribution >= 4 is 7.26 Å². The minimum atomic E-state index is -0.869. The van der Waals surface area contributed by atoms with Crippen LogP contribution in [0.2, 0.25) is 0 Å². The average Bonchev–Trinajstić information content (AvgIpc) is 2.77. The van der Waals surface area contributed by atoms with E-state index in [1.807, 2.05) is 6.07 Å². The molecule has 1 saturated carbocycles. The van der Waals surface area contributed by atoms with Crippen molar-refractivity contribution in [3.05, 3.63) is 35.4 Å². The molecule has 3 atom stereocenters. The van der Waals surface area contributed by atoms with E-state index in [9.17, 15) is 5.11 Å². The maximum absolute atomic E-state index is 10.8. The van der Waals surface area contributed by atoms with Gasteiger partial charge in [-0.3, -0.25) is 0 Å². The Morgan fingerprint density at radius 1 is 1.17 bits per heavy atom. The summed E-state index contributed by atoms with van der Waals surface area (Å²) in [6.07, 6.45) is 3.52. The molecule has 0 amide bonds. The Morgan fingerprint density at radius 3 is 2.44 bits per heavy atom. The Balaban J connectivity index is 2.23. The van der Waals surface area contributed by atoms with Crippen LogP contribution in [0.3, 0.4) is 0 Å². The predicted octanol–water partition coefficient (Wildman–Crippen LogP) is 4.10. The fourth-order valence-corrected chi connectivity index (χ4v) is 5.87. The van der Waals surface area contributed by atoms with Crippen LogP contribution in [0.15, 0.2) is 24.3 Å². The fourth-order valence-electron chi connectivity index (χ4n) is 3.45. The maximum atomic E-state index is 10.8. The van der Waals surface area contributed by atoms with Crippen LogP contribution in [-0.2, 0) is 0 Å². The second kappa shape index (κ2) is 5.31. The van der Waals surface area contributed by atoms with Gasteiger partial charge in [-0.1, -0.05) is 24.3 Å². The van der Waals surface area contributed by atoms with E-state index in [0.29, 0.717) is 5.92 Å². The molecule has 0 saturated heterocycles. The van der Waals surface area contributed by atoms with Crippen molar-refractivity contribution in [3.8, 4) is 0 Å². The molecule has 1 aromatic rings. The zero-order valence-electron chi connectivity index (χ0n) is 12.1. The molecule has 0 aliphatic heterocycles. The first-order valence-corrected chi connectivity index (χ1v) is 10.2. The lowest BCUT2D eigenvalue weighted by molar-refractivity contribution is 0.112. The summed E-state index contributed by atoms with van der Waals surface area (Å²) in [5.74, 6) is 0.472. The van der Waals surface area contributed by atoms with Gasteiger partial charge in [0.25, 0.3) is 0 Å². The Labute approximate surface area is 112 Å². The lowest BCUT2D eigenvalue weighted by atomic mass is 9.91. The number of benzene rings is 1. The average molecular weight is 265 g/mol. The molecule has 1 fully saturated rings. The number of hydrogen-bond acceptors (Lipinski definition) is 1. The molecule has 1 aromatic carbocycles. The normalized spacial score (nSPS) is 26.3. The van der Waals surface area contributed by atoms with Crippen LogP contribution in [0.4, 0.5) is 0 Å². The van der Waals surface area contributed by atoms with E-state index in [1.54, 1.807) is 0 Å². The highest BCUT2D eigenvalue weighted by Crippen LogP contribution is 2.61. The van der Waals surface area contributed by atoms with Crippen LogP contribution >= 0.6 is 7.26 Å². The Bertz CT molecular complexity index is 408. The van der Waals surface area contributed by atoms with Gasteiger partial charge in [-0.25, -0.2) is 0 Å². The van der Waals surface area contributed by atoms with Crippen molar-refractivity contribution in [2.45, 2.75) is 37.9 Å². The van der Waals surface area contributed by atoms with Gasteiger partial charge in [0.1, 0.15) is 0 Å². The van der Waals surface area contributed by atoms with Crippen LogP contribution in [0.25, 0.3) is 0 Å². The highest BCUT2D eigenvalue weighted by Gasteiger charge is 2.44. The molecule has 0 aromatic heterocycles. The zero-order chi connectivity index (χ0) is 13.3. The lowest BCUT2D eigenvalue weighted by Gasteiger charge is -2.30. The largest absolute Gasteiger partial charge is 0.388 e. The Kier molecular flexibility index (Phi) is 4.14. The molecule has 2 rings (SSSR count). The lowest BCUT2D eigenvalue weighted by Crippen LogP contribution is -2.24. The van der Waals surface area contributed by atoms with E-state index in [0.717, 1.165) is 11.2 Å². The molecular weight excluding hydrogens is 239 g/mol. The van der Waals surface area contributed by atoms with E-state index in [2.05, 4.69) is 45.1 Å². The first kappa shape index (κ1) is 14.0. The number of hydrogen-bond donors (Lipinski definition) is 1. The van der Waals surface area contributed by atoms with Crippen molar-refractivity contribution in [2.75, 3.05) is 20.0 Å². The monoisotopic (exact) mass is 265 g/mol. The highest BCUT2D eigenvalue weighted by molar-refractivity contribution is 7.74. The number of aryl methyl sites for hydroxylation is 1. The van der Waals surface area contributed by atoms with Gasteiger partial charge in [-0.05, 0) is 37.3 Å².